The Hall–Kier alpha value is -1.25. The van der Waals surface area contributed by atoms with Gasteiger partial charge in [0.15, 0.2) is 0 Å². The van der Waals surface area contributed by atoms with Gasteiger partial charge in [-0.1, -0.05) is 37.8 Å². The van der Waals surface area contributed by atoms with E-state index in [0.717, 1.165) is 12.8 Å². The highest BCUT2D eigenvalue weighted by Gasteiger charge is 2.18. The minimum atomic E-state index is -1.08. The lowest BCUT2D eigenvalue weighted by atomic mass is 10.1. The summed E-state index contributed by atoms with van der Waals surface area (Å²) in [6, 6.07) is 0. The van der Waals surface area contributed by atoms with Crippen molar-refractivity contribution >= 4 is 14.2 Å². The smallest absolute Gasteiger partial charge is 0.413 e. The predicted octanol–water partition coefficient (Wildman–Crippen LogP) is 4.49. The molecule has 0 aromatic heterocycles. The average molecular weight is 293 g/mol. The van der Waals surface area contributed by atoms with Crippen LogP contribution in [0.25, 0.3) is 0 Å². The maximum atomic E-state index is 11.2. The SMILES string of the molecule is C[Si](C)(C)C=C=CCCCCC/C=C/N1CCOC1=O. The molecule has 20 heavy (non-hydrogen) atoms. The summed E-state index contributed by atoms with van der Waals surface area (Å²) >= 11 is 0. The highest BCUT2D eigenvalue weighted by Crippen LogP contribution is 2.07. The number of carbonyl (C=O) groups excluding carboxylic acids is 1. The largest absolute Gasteiger partial charge is 0.447 e. The Labute approximate surface area is 124 Å². The summed E-state index contributed by atoms with van der Waals surface area (Å²) in [6.45, 7) is 8.15. The number of cyclic esters (lactones) is 1. The van der Waals surface area contributed by atoms with Crippen LogP contribution in [0, 0.1) is 0 Å². The van der Waals surface area contributed by atoms with Crippen molar-refractivity contribution in [2.75, 3.05) is 13.2 Å². The van der Waals surface area contributed by atoms with Crippen molar-refractivity contribution in [2.45, 2.75) is 51.7 Å². The molecule has 1 saturated heterocycles. The molecule has 0 unspecified atom stereocenters. The molecule has 1 aliphatic heterocycles. The van der Waals surface area contributed by atoms with E-state index in [1.54, 1.807) is 4.90 Å². The van der Waals surface area contributed by atoms with Gasteiger partial charge >= 0.3 is 6.09 Å². The summed E-state index contributed by atoms with van der Waals surface area (Å²) in [7, 11) is -1.08. The maximum Gasteiger partial charge on any atom is 0.413 e. The third kappa shape index (κ3) is 8.03. The van der Waals surface area contributed by atoms with Crippen molar-refractivity contribution in [1.82, 2.24) is 4.90 Å². The summed E-state index contributed by atoms with van der Waals surface area (Å²) in [5, 5.41) is 0. The fourth-order valence-electron chi connectivity index (χ4n) is 1.82. The zero-order chi connectivity index (χ0) is 14.8. The van der Waals surface area contributed by atoms with Gasteiger partial charge in [0.05, 0.1) is 14.6 Å². The van der Waals surface area contributed by atoms with Crippen LogP contribution in [-0.2, 0) is 4.74 Å². The molecule has 112 valence electrons. The van der Waals surface area contributed by atoms with E-state index < -0.39 is 8.07 Å². The molecule has 1 rings (SSSR count). The molecule has 1 fully saturated rings. The monoisotopic (exact) mass is 293 g/mol. The fraction of sp³-hybridized carbons (Fsp3) is 0.625. The van der Waals surface area contributed by atoms with Crippen molar-refractivity contribution in [3.05, 3.63) is 29.8 Å². The number of ether oxygens (including phenoxy) is 1. The summed E-state index contributed by atoms with van der Waals surface area (Å²) < 4.78 is 4.85. The van der Waals surface area contributed by atoms with Crippen molar-refractivity contribution in [2.24, 2.45) is 0 Å². The topological polar surface area (TPSA) is 29.5 Å². The summed E-state index contributed by atoms with van der Waals surface area (Å²) in [4.78, 5) is 12.8. The van der Waals surface area contributed by atoms with Crippen LogP contribution < -0.4 is 0 Å². The Morgan fingerprint density at radius 1 is 1.25 bits per heavy atom. The van der Waals surface area contributed by atoms with Crippen LogP contribution in [0.15, 0.2) is 29.8 Å². The number of hydrogen-bond acceptors (Lipinski definition) is 2. The number of hydrogen-bond donors (Lipinski definition) is 0. The second kappa shape index (κ2) is 8.83. The number of nitrogens with zero attached hydrogens (tertiary/aromatic N) is 1. The van der Waals surface area contributed by atoms with Crippen molar-refractivity contribution in [1.29, 1.82) is 0 Å². The van der Waals surface area contributed by atoms with E-state index >= 15 is 0 Å². The molecule has 0 aromatic rings. The molecule has 3 nitrogen and oxygen atoms in total. The van der Waals surface area contributed by atoms with Crippen molar-refractivity contribution < 1.29 is 9.53 Å². The molecule has 0 N–H and O–H groups in total. The van der Waals surface area contributed by atoms with E-state index in [-0.39, 0.29) is 6.09 Å². The van der Waals surface area contributed by atoms with Crippen molar-refractivity contribution in [3.63, 3.8) is 0 Å². The molecule has 4 heteroatoms. The van der Waals surface area contributed by atoms with E-state index in [1.165, 1.54) is 19.3 Å². The second-order valence-electron chi connectivity index (χ2n) is 6.21. The lowest BCUT2D eigenvalue weighted by Crippen LogP contribution is -2.16. The first-order chi connectivity index (χ1) is 9.49. The van der Waals surface area contributed by atoms with Crippen molar-refractivity contribution in [3.8, 4) is 0 Å². The molecule has 0 atom stereocenters. The van der Waals surface area contributed by atoms with Crippen LogP contribution in [0.3, 0.4) is 0 Å². The highest BCUT2D eigenvalue weighted by atomic mass is 28.3. The number of unbranched alkanes of at least 4 members (excludes halogenated alkanes) is 4. The van der Waals surface area contributed by atoms with Crippen LogP contribution in [0.1, 0.15) is 32.1 Å². The molecule has 0 spiro atoms. The second-order valence-corrected chi connectivity index (χ2v) is 11.2. The van der Waals surface area contributed by atoms with Crippen LogP contribution in [-0.4, -0.2) is 32.2 Å². The van der Waals surface area contributed by atoms with E-state index in [2.05, 4.69) is 43.2 Å². The molecular formula is C16H27NO2Si. The van der Waals surface area contributed by atoms with Gasteiger partial charge in [-0.15, -0.1) is 5.73 Å². The molecule has 0 saturated carbocycles. The van der Waals surface area contributed by atoms with Crippen LogP contribution >= 0.6 is 0 Å². The minimum absolute atomic E-state index is 0.222. The standard InChI is InChI=1S/C16H27NO2Si/c1-20(2,3)15-11-9-7-5-4-6-8-10-12-17-13-14-19-16(17)18/h9-10,12,15H,4-8,13-14H2,1-3H3/b12-10+. The first-order valence-electron chi connectivity index (χ1n) is 7.51. The van der Waals surface area contributed by atoms with E-state index in [9.17, 15) is 4.79 Å². The predicted molar refractivity (Wildman–Crippen MR) is 86.3 cm³/mol. The average Bonchev–Trinajstić information content (AvgIpc) is 2.76. The Morgan fingerprint density at radius 3 is 2.65 bits per heavy atom. The third-order valence-corrected chi connectivity index (χ3v) is 3.96. The molecule has 1 aliphatic rings. The lowest BCUT2D eigenvalue weighted by Gasteiger charge is -2.05. The van der Waals surface area contributed by atoms with Crippen LogP contribution in [0.2, 0.25) is 19.6 Å². The fourth-order valence-corrected chi connectivity index (χ4v) is 2.44. The molecule has 1 heterocycles. The van der Waals surface area contributed by atoms with Crippen LogP contribution in [0.4, 0.5) is 4.79 Å². The number of rotatable bonds is 8. The highest BCUT2D eigenvalue weighted by molar-refractivity contribution is 6.80. The molecular weight excluding hydrogens is 266 g/mol. The van der Waals surface area contributed by atoms with Gasteiger partial charge < -0.3 is 4.74 Å². The summed E-state index contributed by atoms with van der Waals surface area (Å²) in [5.74, 6) is 0. The summed E-state index contributed by atoms with van der Waals surface area (Å²) in [5.41, 5.74) is 5.56. The minimum Gasteiger partial charge on any atom is -0.447 e. The lowest BCUT2D eigenvalue weighted by molar-refractivity contribution is 0.166. The molecule has 0 bridgehead atoms. The van der Waals surface area contributed by atoms with Gasteiger partial charge in [-0.05, 0) is 31.8 Å². The quantitative estimate of drug-likeness (QED) is 0.375. The first-order valence-corrected chi connectivity index (χ1v) is 11.1. The normalized spacial score (nSPS) is 15.3. The van der Waals surface area contributed by atoms with Gasteiger partial charge in [-0.2, -0.15) is 0 Å². The molecule has 0 radical (unpaired) electrons. The summed E-state index contributed by atoms with van der Waals surface area (Å²) in [6.07, 6.45) is 11.6. The van der Waals surface area contributed by atoms with E-state index in [0.29, 0.717) is 13.2 Å². The number of allylic oxidation sites excluding steroid dienone is 2. The molecule has 0 aliphatic carbocycles. The zero-order valence-electron chi connectivity index (χ0n) is 13.0. The molecule has 0 aromatic carbocycles. The van der Waals surface area contributed by atoms with E-state index in [4.69, 9.17) is 4.74 Å². The van der Waals surface area contributed by atoms with E-state index in [1.807, 2.05) is 6.20 Å². The van der Waals surface area contributed by atoms with Gasteiger partial charge in [-0.3, -0.25) is 4.90 Å². The van der Waals surface area contributed by atoms with Gasteiger partial charge in [0, 0.05) is 6.20 Å². The van der Waals surface area contributed by atoms with Gasteiger partial charge in [-0.25, -0.2) is 4.79 Å². The number of carbonyl (C=O) groups is 1. The Balaban J connectivity index is 2.01. The van der Waals surface area contributed by atoms with Gasteiger partial charge in [0.1, 0.15) is 6.61 Å². The number of amides is 1. The third-order valence-electron chi connectivity index (χ3n) is 2.93. The Bertz CT molecular complexity index is 390. The first kappa shape index (κ1) is 16.8. The maximum absolute atomic E-state index is 11.2. The Kier molecular flexibility index (Phi) is 7.41. The van der Waals surface area contributed by atoms with Crippen LogP contribution in [0.5, 0.6) is 0 Å². The Morgan fingerprint density at radius 2 is 2.00 bits per heavy atom. The van der Waals surface area contributed by atoms with Gasteiger partial charge in [0.2, 0.25) is 0 Å². The zero-order valence-corrected chi connectivity index (χ0v) is 14.0. The van der Waals surface area contributed by atoms with Gasteiger partial charge in [0.25, 0.3) is 0 Å². The molecule has 1 amide bonds.